The Kier molecular flexibility index (Phi) is 1.55. The maximum atomic E-state index is 5.87. The first-order valence-electron chi connectivity index (χ1n) is 3.44. The highest BCUT2D eigenvalue weighted by molar-refractivity contribution is 6.30. The SMILES string of the molecule is ClC1=C[C]=CC2CCOC12. The first-order chi connectivity index (χ1) is 4.88. The molecule has 0 N–H and O–H groups in total. The maximum Gasteiger partial charge on any atom is 0.0994 e. The van der Waals surface area contributed by atoms with Gasteiger partial charge in [-0.2, -0.15) is 0 Å². The van der Waals surface area contributed by atoms with Gasteiger partial charge in [-0.05, 0) is 18.6 Å². The van der Waals surface area contributed by atoms with Crippen molar-refractivity contribution in [3.63, 3.8) is 0 Å². The summed E-state index contributed by atoms with van der Waals surface area (Å²) in [5.41, 5.74) is 0. The number of ether oxygens (including phenoxy) is 1. The van der Waals surface area contributed by atoms with Crippen molar-refractivity contribution in [1.29, 1.82) is 0 Å². The zero-order chi connectivity index (χ0) is 6.97. The van der Waals surface area contributed by atoms with E-state index in [0.29, 0.717) is 5.92 Å². The smallest absolute Gasteiger partial charge is 0.0994 e. The molecule has 2 unspecified atom stereocenters. The van der Waals surface area contributed by atoms with E-state index < -0.39 is 0 Å². The van der Waals surface area contributed by atoms with Crippen LogP contribution in [-0.2, 0) is 4.74 Å². The van der Waals surface area contributed by atoms with Crippen LogP contribution in [0.2, 0.25) is 0 Å². The number of hydrogen-bond acceptors (Lipinski definition) is 1. The predicted molar refractivity (Wildman–Crippen MR) is 39.6 cm³/mol. The molecule has 0 aromatic heterocycles. The minimum Gasteiger partial charge on any atom is -0.372 e. The summed E-state index contributed by atoms with van der Waals surface area (Å²) in [6.07, 6.45) is 8.06. The van der Waals surface area contributed by atoms with Crippen LogP contribution < -0.4 is 0 Å². The molecule has 0 bridgehead atoms. The van der Waals surface area contributed by atoms with E-state index >= 15 is 0 Å². The van der Waals surface area contributed by atoms with Crippen LogP contribution in [0.3, 0.4) is 0 Å². The average Bonchev–Trinajstić information content (AvgIpc) is 2.36. The summed E-state index contributed by atoms with van der Waals surface area (Å²) in [4.78, 5) is 0. The van der Waals surface area contributed by atoms with Crippen molar-refractivity contribution in [2.24, 2.45) is 5.92 Å². The molecule has 2 atom stereocenters. The second-order valence-corrected chi connectivity index (χ2v) is 3.04. The molecule has 1 fully saturated rings. The largest absolute Gasteiger partial charge is 0.372 e. The van der Waals surface area contributed by atoms with Crippen LogP contribution in [-0.4, -0.2) is 12.7 Å². The van der Waals surface area contributed by atoms with Gasteiger partial charge in [0.2, 0.25) is 0 Å². The van der Waals surface area contributed by atoms with Crippen molar-refractivity contribution in [1.82, 2.24) is 0 Å². The highest BCUT2D eigenvalue weighted by Gasteiger charge is 2.29. The Hall–Kier alpha value is -0.270. The number of fused-ring (bicyclic) bond motifs is 1. The third-order valence-corrected chi connectivity index (χ3v) is 2.26. The maximum absolute atomic E-state index is 5.87. The number of hydrogen-bond donors (Lipinski definition) is 0. The summed E-state index contributed by atoms with van der Waals surface area (Å²) in [6.45, 7) is 0.831. The van der Waals surface area contributed by atoms with Crippen LogP contribution in [0.4, 0.5) is 0 Å². The molecule has 53 valence electrons. The van der Waals surface area contributed by atoms with Gasteiger partial charge in [0.15, 0.2) is 0 Å². The predicted octanol–water partition coefficient (Wildman–Crippen LogP) is 1.89. The summed E-state index contributed by atoms with van der Waals surface area (Å²) in [5, 5.41) is 0.796. The summed E-state index contributed by atoms with van der Waals surface area (Å²) in [6, 6.07) is 0. The van der Waals surface area contributed by atoms with E-state index in [1.165, 1.54) is 0 Å². The van der Waals surface area contributed by atoms with Crippen molar-refractivity contribution in [3.05, 3.63) is 23.3 Å². The van der Waals surface area contributed by atoms with E-state index in [9.17, 15) is 0 Å². The zero-order valence-electron chi connectivity index (χ0n) is 5.51. The highest BCUT2D eigenvalue weighted by Crippen LogP contribution is 2.31. The number of rotatable bonds is 0. The lowest BCUT2D eigenvalue weighted by Gasteiger charge is -2.16. The molecule has 2 heteroatoms. The van der Waals surface area contributed by atoms with E-state index in [1.54, 1.807) is 6.08 Å². The van der Waals surface area contributed by atoms with Gasteiger partial charge in [0.25, 0.3) is 0 Å². The van der Waals surface area contributed by atoms with Gasteiger partial charge in [0.05, 0.1) is 6.10 Å². The van der Waals surface area contributed by atoms with Crippen molar-refractivity contribution in [2.45, 2.75) is 12.5 Å². The lowest BCUT2D eigenvalue weighted by molar-refractivity contribution is 0.131. The van der Waals surface area contributed by atoms with Crippen molar-refractivity contribution >= 4 is 11.6 Å². The lowest BCUT2D eigenvalue weighted by Crippen LogP contribution is -2.16. The summed E-state index contributed by atoms with van der Waals surface area (Å²) in [7, 11) is 0. The van der Waals surface area contributed by atoms with Gasteiger partial charge in [-0.15, -0.1) is 0 Å². The van der Waals surface area contributed by atoms with Gasteiger partial charge in [0.1, 0.15) is 0 Å². The van der Waals surface area contributed by atoms with E-state index in [-0.39, 0.29) is 6.10 Å². The van der Waals surface area contributed by atoms with E-state index in [1.807, 2.05) is 6.08 Å². The molecule has 2 rings (SSSR count). The molecule has 0 aromatic carbocycles. The fourth-order valence-corrected chi connectivity index (χ4v) is 1.68. The van der Waals surface area contributed by atoms with Crippen LogP contribution in [0.1, 0.15) is 6.42 Å². The van der Waals surface area contributed by atoms with Crippen molar-refractivity contribution < 1.29 is 4.74 Å². The molecule has 0 saturated carbocycles. The van der Waals surface area contributed by atoms with Crippen LogP contribution in [0.25, 0.3) is 0 Å². The molecular weight excluding hydrogens is 148 g/mol. The van der Waals surface area contributed by atoms with Crippen LogP contribution in [0.5, 0.6) is 0 Å². The van der Waals surface area contributed by atoms with Gasteiger partial charge >= 0.3 is 0 Å². The number of halogens is 1. The van der Waals surface area contributed by atoms with Gasteiger partial charge in [-0.3, -0.25) is 0 Å². The summed E-state index contributed by atoms with van der Waals surface area (Å²) >= 11 is 5.87. The molecule has 1 aliphatic carbocycles. The Bertz CT molecular complexity index is 195. The first-order valence-corrected chi connectivity index (χ1v) is 3.82. The Morgan fingerprint density at radius 1 is 1.70 bits per heavy atom. The molecule has 1 nitrogen and oxygen atoms in total. The van der Waals surface area contributed by atoms with E-state index in [0.717, 1.165) is 18.1 Å². The molecule has 0 spiro atoms. The van der Waals surface area contributed by atoms with Gasteiger partial charge in [-0.1, -0.05) is 17.7 Å². The summed E-state index contributed by atoms with van der Waals surface area (Å²) in [5.74, 6) is 0.484. The lowest BCUT2D eigenvalue weighted by atomic mass is 9.97. The second kappa shape index (κ2) is 2.40. The Labute approximate surface area is 65.3 Å². The third kappa shape index (κ3) is 0.899. The van der Waals surface area contributed by atoms with Gasteiger partial charge < -0.3 is 4.74 Å². The standard InChI is InChI=1S/C8H8ClO/c9-7-3-1-2-6-4-5-10-8(6)7/h2-3,6,8H,4-5H2. The minimum atomic E-state index is 0.142. The normalized spacial score (nSPS) is 37.5. The second-order valence-electron chi connectivity index (χ2n) is 2.61. The molecule has 0 amide bonds. The first kappa shape index (κ1) is 6.44. The zero-order valence-corrected chi connectivity index (χ0v) is 6.27. The molecular formula is C8H8ClO. The van der Waals surface area contributed by atoms with Crippen LogP contribution >= 0.6 is 11.6 Å². The van der Waals surface area contributed by atoms with Crippen LogP contribution in [0.15, 0.2) is 17.2 Å². The average molecular weight is 156 g/mol. The Morgan fingerprint density at radius 2 is 2.60 bits per heavy atom. The molecule has 1 radical (unpaired) electrons. The quantitative estimate of drug-likeness (QED) is 0.519. The number of allylic oxidation sites excluding steroid dienone is 2. The molecule has 1 saturated heterocycles. The van der Waals surface area contributed by atoms with E-state index in [2.05, 4.69) is 6.08 Å². The Morgan fingerprint density at radius 3 is 3.40 bits per heavy atom. The summed E-state index contributed by atoms with van der Waals surface area (Å²) < 4.78 is 5.40. The third-order valence-electron chi connectivity index (χ3n) is 1.94. The monoisotopic (exact) mass is 155 g/mol. The molecule has 1 heterocycles. The minimum absolute atomic E-state index is 0.142. The highest BCUT2D eigenvalue weighted by atomic mass is 35.5. The van der Waals surface area contributed by atoms with Crippen molar-refractivity contribution in [2.75, 3.05) is 6.61 Å². The fraction of sp³-hybridized carbons (Fsp3) is 0.500. The Balaban J connectivity index is 2.24. The fourth-order valence-electron chi connectivity index (χ4n) is 1.39. The topological polar surface area (TPSA) is 9.23 Å². The van der Waals surface area contributed by atoms with Gasteiger partial charge in [-0.25, -0.2) is 0 Å². The molecule has 2 aliphatic rings. The van der Waals surface area contributed by atoms with Crippen molar-refractivity contribution in [3.8, 4) is 0 Å². The molecule has 10 heavy (non-hydrogen) atoms. The van der Waals surface area contributed by atoms with Crippen LogP contribution in [0, 0.1) is 12.0 Å². The van der Waals surface area contributed by atoms with E-state index in [4.69, 9.17) is 16.3 Å². The van der Waals surface area contributed by atoms with Gasteiger partial charge in [0, 0.05) is 17.6 Å². The molecule has 0 aromatic rings. The molecule has 1 aliphatic heterocycles.